The van der Waals surface area contributed by atoms with Crippen LogP contribution in [0.5, 0.6) is 0 Å². The molecule has 0 saturated carbocycles. The third kappa shape index (κ3) is 54.7. The molecule has 0 aromatic carbocycles. The molecule has 0 spiro atoms. The summed E-state index contributed by atoms with van der Waals surface area (Å²) in [6.45, 7) is 4.80. The molecule has 0 aromatic rings. The molecule has 8 nitrogen and oxygen atoms in total. The molecule has 0 radical (unpaired) electrons. The summed E-state index contributed by atoms with van der Waals surface area (Å²) < 4.78 is 23.6. The van der Waals surface area contributed by atoms with Gasteiger partial charge in [-0.2, -0.15) is 0 Å². The second-order valence-corrected chi connectivity index (χ2v) is 23.9. The molecule has 0 aliphatic rings. The predicted octanol–water partition coefficient (Wildman–Crippen LogP) is 18.8. The standard InChI is InChI=1S/C61H121N2O6P/c1-6-8-10-12-14-16-18-19-20-21-22-23-24-25-26-27-28-29-30-31-32-33-34-35-36-37-38-39-40-41-42-43-45-47-49-51-53-55-61(65)62-59(58-69-70(66,67)68-57-56-63(3,4)5)60(64)54-52-50-48-46-44-17-15-13-11-9-7-2/h44,46,52,54,59-60,64H,6-43,45,47-51,53,55-58H2,1-5H3,(H-,62,65,66,67)/p+1/b46-44+,54-52+. The summed E-state index contributed by atoms with van der Waals surface area (Å²) in [4.78, 5) is 23.2. The number of phosphoric acid groups is 1. The second kappa shape index (κ2) is 52.8. The van der Waals surface area contributed by atoms with Crippen LogP contribution in [0.1, 0.15) is 309 Å². The number of quaternary nitrogens is 1. The maximum Gasteiger partial charge on any atom is 0.472 e. The van der Waals surface area contributed by atoms with Crippen LogP contribution in [0.3, 0.4) is 0 Å². The molecule has 3 atom stereocenters. The summed E-state index contributed by atoms with van der Waals surface area (Å²) >= 11 is 0. The Morgan fingerprint density at radius 1 is 0.471 bits per heavy atom. The molecule has 0 aliphatic heterocycles. The average molecular weight is 1010 g/mol. The van der Waals surface area contributed by atoms with Crippen LogP contribution in [0, 0.1) is 0 Å². The van der Waals surface area contributed by atoms with Crippen LogP contribution in [0.25, 0.3) is 0 Å². The number of unbranched alkanes of at least 4 members (excludes halogenated alkanes) is 42. The van der Waals surface area contributed by atoms with Crippen LogP contribution >= 0.6 is 7.82 Å². The molecule has 0 fully saturated rings. The van der Waals surface area contributed by atoms with Crippen LogP contribution in [0.2, 0.25) is 0 Å². The minimum absolute atomic E-state index is 0.0583. The first-order valence-electron chi connectivity index (χ1n) is 30.7. The number of aliphatic hydroxyl groups excluding tert-OH is 1. The Morgan fingerprint density at radius 2 is 0.786 bits per heavy atom. The molecule has 416 valence electrons. The highest BCUT2D eigenvalue weighted by molar-refractivity contribution is 7.47. The van der Waals surface area contributed by atoms with Crippen molar-refractivity contribution in [2.75, 3.05) is 40.9 Å². The molecule has 0 saturated heterocycles. The van der Waals surface area contributed by atoms with E-state index < -0.39 is 20.0 Å². The minimum atomic E-state index is -4.35. The highest BCUT2D eigenvalue weighted by atomic mass is 31.2. The maximum absolute atomic E-state index is 12.9. The SMILES string of the molecule is CCCCCCC/C=C/CC/C=C/C(O)C(COP(=O)(O)OCC[N+](C)(C)C)NC(=O)CCCCCCCCCCCCCCCCCCCCCCCCCCCCCCCCCCCCCCC. The van der Waals surface area contributed by atoms with Crippen LogP contribution in [-0.2, 0) is 18.4 Å². The number of carbonyl (C=O) groups is 1. The second-order valence-electron chi connectivity index (χ2n) is 22.4. The van der Waals surface area contributed by atoms with Crippen molar-refractivity contribution >= 4 is 13.7 Å². The lowest BCUT2D eigenvalue weighted by Crippen LogP contribution is -2.45. The molecule has 3 N–H and O–H groups in total. The lowest BCUT2D eigenvalue weighted by molar-refractivity contribution is -0.870. The zero-order valence-electron chi connectivity index (χ0n) is 47.5. The predicted molar refractivity (Wildman–Crippen MR) is 305 cm³/mol. The van der Waals surface area contributed by atoms with Crippen LogP contribution in [-0.4, -0.2) is 73.4 Å². The van der Waals surface area contributed by atoms with Gasteiger partial charge >= 0.3 is 7.82 Å². The maximum atomic E-state index is 12.9. The van der Waals surface area contributed by atoms with Gasteiger partial charge < -0.3 is 19.8 Å². The van der Waals surface area contributed by atoms with Crippen molar-refractivity contribution in [3.8, 4) is 0 Å². The molecular formula is C61H122N2O6P+. The van der Waals surface area contributed by atoms with Gasteiger partial charge in [-0.05, 0) is 32.1 Å². The molecule has 0 aromatic heterocycles. The number of likely N-dealkylation sites (N-methyl/N-ethyl adjacent to an activating group) is 1. The van der Waals surface area contributed by atoms with Gasteiger partial charge in [0.15, 0.2) is 0 Å². The highest BCUT2D eigenvalue weighted by Gasteiger charge is 2.27. The fourth-order valence-corrected chi connectivity index (χ4v) is 10.1. The highest BCUT2D eigenvalue weighted by Crippen LogP contribution is 2.43. The number of carbonyl (C=O) groups excluding carboxylic acids is 1. The molecule has 9 heteroatoms. The third-order valence-electron chi connectivity index (χ3n) is 14.2. The first-order valence-corrected chi connectivity index (χ1v) is 32.2. The number of hydrogen-bond donors (Lipinski definition) is 3. The third-order valence-corrected chi connectivity index (χ3v) is 15.2. The Morgan fingerprint density at radius 3 is 1.14 bits per heavy atom. The van der Waals surface area contributed by atoms with E-state index >= 15 is 0 Å². The molecule has 70 heavy (non-hydrogen) atoms. The number of aliphatic hydroxyl groups is 1. The van der Waals surface area contributed by atoms with Crippen LogP contribution < -0.4 is 5.32 Å². The van der Waals surface area contributed by atoms with Crippen molar-refractivity contribution in [3.05, 3.63) is 24.3 Å². The lowest BCUT2D eigenvalue weighted by Gasteiger charge is -2.25. The zero-order chi connectivity index (χ0) is 51.3. The van der Waals surface area contributed by atoms with Gasteiger partial charge in [0.2, 0.25) is 5.91 Å². The summed E-state index contributed by atoms with van der Waals surface area (Å²) in [7, 11) is 1.57. The molecule has 0 aliphatic carbocycles. The zero-order valence-corrected chi connectivity index (χ0v) is 48.4. The van der Waals surface area contributed by atoms with E-state index in [9.17, 15) is 19.4 Å². The van der Waals surface area contributed by atoms with Crippen LogP contribution in [0.15, 0.2) is 24.3 Å². The number of nitrogens with zero attached hydrogens (tertiary/aromatic N) is 1. The van der Waals surface area contributed by atoms with E-state index in [0.717, 1.165) is 38.5 Å². The molecule has 0 heterocycles. The molecule has 3 unspecified atom stereocenters. The molecule has 1 amide bonds. The minimum Gasteiger partial charge on any atom is -0.387 e. The quantitative estimate of drug-likeness (QED) is 0.0243. The Bertz CT molecular complexity index is 1190. The van der Waals surface area contributed by atoms with Gasteiger partial charge in [0.25, 0.3) is 0 Å². The van der Waals surface area contributed by atoms with Gasteiger partial charge in [-0.25, -0.2) is 4.57 Å². The van der Waals surface area contributed by atoms with Crippen molar-refractivity contribution in [2.24, 2.45) is 0 Å². The fourth-order valence-electron chi connectivity index (χ4n) is 9.36. The van der Waals surface area contributed by atoms with Gasteiger partial charge in [-0.15, -0.1) is 0 Å². The summed E-state index contributed by atoms with van der Waals surface area (Å²) in [6.07, 6.45) is 67.7. The summed E-state index contributed by atoms with van der Waals surface area (Å²) in [5.41, 5.74) is 0. The molecule has 0 rings (SSSR count). The Kier molecular flexibility index (Phi) is 52.1. The van der Waals surface area contributed by atoms with Crippen LogP contribution in [0.4, 0.5) is 0 Å². The topological polar surface area (TPSA) is 105 Å². The van der Waals surface area contributed by atoms with E-state index in [1.807, 2.05) is 27.2 Å². The van der Waals surface area contributed by atoms with Crippen molar-refractivity contribution in [1.82, 2.24) is 5.32 Å². The smallest absolute Gasteiger partial charge is 0.387 e. The van der Waals surface area contributed by atoms with Crippen molar-refractivity contribution in [1.29, 1.82) is 0 Å². The molecular weight excluding hydrogens is 888 g/mol. The van der Waals surface area contributed by atoms with E-state index in [4.69, 9.17) is 9.05 Å². The van der Waals surface area contributed by atoms with E-state index in [0.29, 0.717) is 17.4 Å². The Labute approximate surface area is 436 Å². The lowest BCUT2D eigenvalue weighted by atomic mass is 10.0. The van der Waals surface area contributed by atoms with E-state index in [1.54, 1.807) is 6.08 Å². The first-order chi connectivity index (χ1) is 34.0. The summed E-state index contributed by atoms with van der Waals surface area (Å²) in [5, 5.41) is 13.8. The van der Waals surface area contributed by atoms with Crippen molar-refractivity contribution in [2.45, 2.75) is 321 Å². The Hall–Kier alpha value is -1.02. The van der Waals surface area contributed by atoms with Crippen molar-refractivity contribution < 1.29 is 32.9 Å². The van der Waals surface area contributed by atoms with E-state index in [1.165, 1.54) is 250 Å². The van der Waals surface area contributed by atoms with Gasteiger partial charge in [0.05, 0.1) is 39.9 Å². The summed E-state index contributed by atoms with van der Waals surface area (Å²) in [5.74, 6) is -0.182. The number of hydrogen-bond acceptors (Lipinski definition) is 5. The van der Waals surface area contributed by atoms with Crippen molar-refractivity contribution in [3.63, 3.8) is 0 Å². The number of allylic oxidation sites excluding steroid dienone is 3. The van der Waals surface area contributed by atoms with Gasteiger partial charge in [-0.1, -0.05) is 295 Å². The molecule has 0 bridgehead atoms. The largest absolute Gasteiger partial charge is 0.472 e. The fraction of sp³-hybridized carbons (Fsp3) is 0.918. The van der Waals surface area contributed by atoms with Gasteiger partial charge in [0.1, 0.15) is 13.2 Å². The van der Waals surface area contributed by atoms with Gasteiger partial charge in [-0.3, -0.25) is 13.8 Å². The first kappa shape index (κ1) is 69.0. The number of phosphoric ester groups is 1. The monoisotopic (exact) mass is 1010 g/mol. The van der Waals surface area contributed by atoms with E-state index in [2.05, 4.69) is 31.3 Å². The van der Waals surface area contributed by atoms with Gasteiger partial charge in [0, 0.05) is 6.42 Å². The van der Waals surface area contributed by atoms with E-state index in [-0.39, 0.29) is 19.1 Å². The number of amides is 1. The average Bonchev–Trinajstić information content (AvgIpc) is 3.32. The number of rotatable bonds is 57. The Balaban J connectivity index is 3.84. The number of nitrogens with one attached hydrogen (secondary N) is 1. The normalized spacial score (nSPS) is 14.0. The summed E-state index contributed by atoms with van der Waals surface area (Å²) in [6, 6.07) is -0.859.